The van der Waals surface area contributed by atoms with Gasteiger partial charge in [-0.3, -0.25) is 0 Å². The van der Waals surface area contributed by atoms with Gasteiger partial charge in [-0.05, 0) is 31.7 Å². The van der Waals surface area contributed by atoms with Crippen molar-refractivity contribution in [2.24, 2.45) is 0 Å². The first-order valence-electron chi connectivity index (χ1n) is 5.62. The summed E-state index contributed by atoms with van der Waals surface area (Å²) in [6.07, 6.45) is 4.55. The van der Waals surface area contributed by atoms with Gasteiger partial charge in [0.05, 0.1) is 12.2 Å². The van der Waals surface area contributed by atoms with Crippen molar-refractivity contribution >= 4 is 22.6 Å². The zero-order valence-corrected chi connectivity index (χ0v) is 11.2. The smallest absolute Gasteiger partial charge is 0.0801 e. The molecule has 0 aromatic heterocycles. The van der Waals surface area contributed by atoms with Crippen molar-refractivity contribution in [3.8, 4) is 0 Å². The lowest BCUT2D eigenvalue weighted by molar-refractivity contribution is 0.00588. The molecule has 1 aliphatic rings. The highest BCUT2D eigenvalue weighted by atomic mass is 127. The van der Waals surface area contributed by atoms with Gasteiger partial charge in [-0.2, -0.15) is 0 Å². The molecule has 0 N–H and O–H groups in total. The summed E-state index contributed by atoms with van der Waals surface area (Å²) < 4.78 is 6.80. The lowest BCUT2D eigenvalue weighted by Crippen LogP contribution is -2.19. The van der Waals surface area contributed by atoms with Gasteiger partial charge in [0.1, 0.15) is 0 Å². The van der Waals surface area contributed by atoms with Crippen molar-refractivity contribution in [2.75, 3.05) is 0 Å². The Balaban J connectivity index is 1.95. The van der Waals surface area contributed by atoms with Crippen LogP contribution in [0.2, 0.25) is 0 Å². The molecule has 0 heterocycles. The van der Waals surface area contributed by atoms with Crippen LogP contribution < -0.4 is 0 Å². The first-order chi connectivity index (χ1) is 7.27. The minimum absolute atomic E-state index is 0.228. The van der Waals surface area contributed by atoms with E-state index < -0.39 is 0 Å². The summed E-state index contributed by atoms with van der Waals surface area (Å²) in [4.78, 5) is 0. The molecule has 1 nitrogen and oxygen atoms in total. The Kier molecular flexibility index (Phi) is 4.03. The maximum absolute atomic E-state index is 6.10. The van der Waals surface area contributed by atoms with Crippen molar-refractivity contribution < 1.29 is 4.74 Å². The molecular formula is C13H17IO. The first kappa shape index (κ1) is 11.4. The summed E-state index contributed by atoms with van der Waals surface area (Å²) >= 11 is 2.52. The first-order valence-corrected chi connectivity index (χ1v) is 6.86. The summed E-state index contributed by atoms with van der Waals surface area (Å²) in [7, 11) is 0. The molecular weight excluding hydrogens is 299 g/mol. The fraction of sp³-hybridized carbons (Fsp3) is 0.538. The van der Waals surface area contributed by atoms with Gasteiger partial charge in [0.15, 0.2) is 0 Å². The Labute approximate surface area is 105 Å². The number of hydrogen-bond donors (Lipinski definition) is 0. The fourth-order valence-electron chi connectivity index (χ4n) is 2.10. The average molecular weight is 316 g/mol. The third kappa shape index (κ3) is 2.94. The zero-order valence-electron chi connectivity index (χ0n) is 9.03. The summed E-state index contributed by atoms with van der Waals surface area (Å²) in [6.45, 7) is 2.15. The predicted octanol–water partition coefficient (Wildman–Crippen LogP) is 4.12. The molecule has 2 rings (SSSR count). The summed E-state index contributed by atoms with van der Waals surface area (Å²) in [6, 6.07) is 10.5. The minimum Gasteiger partial charge on any atom is -0.370 e. The molecule has 3 atom stereocenters. The van der Waals surface area contributed by atoms with Crippen LogP contribution >= 0.6 is 22.6 Å². The second-order valence-corrected chi connectivity index (χ2v) is 5.77. The van der Waals surface area contributed by atoms with E-state index in [1.807, 2.05) is 6.07 Å². The van der Waals surface area contributed by atoms with Gasteiger partial charge in [0.25, 0.3) is 0 Å². The highest BCUT2D eigenvalue weighted by molar-refractivity contribution is 14.1. The maximum atomic E-state index is 6.10. The van der Waals surface area contributed by atoms with E-state index in [-0.39, 0.29) is 6.10 Å². The second kappa shape index (κ2) is 5.30. The Morgan fingerprint density at radius 1 is 1.27 bits per heavy atom. The molecule has 2 heteroatoms. The van der Waals surface area contributed by atoms with Gasteiger partial charge in [-0.15, -0.1) is 0 Å². The van der Waals surface area contributed by atoms with Crippen LogP contribution in [0, 0.1) is 0 Å². The monoisotopic (exact) mass is 316 g/mol. The molecule has 1 aromatic carbocycles. The average Bonchev–Trinajstić information content (AvgIpc) is 2.66. The molecule has 82 valence electrons. The van der Waals surface area contributed by atoms with Crippen LogP contribution in [0.3, 0.4) is 0 Å². The Bertz CT molecular complexity index is 299. The summed E-state index contributed by atoms with van der Waals surface area (Å²) in [5.74, 6) is 0. The molecule has 0 saturated heterocycles. The van der Waals surface area contributed by atoms with Crippen molar-refractivity contribution in [3.05, 3.63) is 35.9 Å². The van der Waals surface area contributed by atoms with E-state index in [9.17, 15) is 0 Å². The van der Waals surface area contributed by atoms with Crippen LogP contribution in [0.15, 0.2) is 30.3 Å². The predicted molar refractivity (Wildman–Crippen MR) is 71.4 cm³/mol. The number of alkyl halides is 1. The normalized spacial score (nSPS) is 27.9. The lowest BCUT2D eigenvalue weighted by Gasteiger charge is -2.21. The van der Waals surface area contributed by atoms with E-state index in [4.69, 9.17) is 4.74 Å². The van der Waals surface area contributed by atoms with Crippen molar-refractivity contribution in [1.82, 2.24) is 0 Å². The van der Waals surface area contributed by atoms with Crippen molar-refractivity contribution in [2.45, 2.75) is 42.3 Å². The van der Waals surface area contributed by atoms with Crippen molar-refractivity contribution in [3.63, 3.8) is 0 Å². The van der Waals surface area contributed by atoms with Crippen LogP contribution in [0.1, 0.15) is 37.9 Å². The third-order valence-corrected chi connectivity index (χ3v) is 4.44. The van der Waals surface area contributed by atoms with Crippen LogP contribution in [0.25, 0.3) is 0 Å². The highest BCUT2D eigenvalue weighted by Crippen LogP contribution is 2.32. The van der Waals surface area contributed by atoms with Crippen molar-refractivity contribution in [1.29, 1.82) is 0 Å². The second-order valence-electron chi connectivity index (χ2n) is 4.17. The molecule has 0 radical (unpaired) electrons. The number of ether oxygens (including phenoxy) is 1. The standard InChI is InChI=1S/C13H17IO/c1-10(11-6-3-2-4-7-11)15-13-9-5-8-12(13)14/h2-4,6-7,10,12-13H,5,8-9H2,1H3. The third-order valence-electron chi connectivity index (χ3n) is 3.02. The molecule has 0 spiro atoms. The van der Waals surface area contributed by atoms with E-state index in [0.717, 1.165) is 0 Å². The molecule has 1 aromatic rings. The van der Waals surface area contributed by atoms with Gasteiger partial charge in [-0.25, -0.2) is 0 Å². The van der Waals surface area contributed by atoms with E-state index in [1.54, 1.807) is 0 Å². The molecule has 15 heavy (non-hydrogen) atoms. The van der Waals surface area contributed by atoms with Gasteiger partial charge in [0.2, 0.25) is 0 Å². The van der Waals surface area contributed by atoms with E-state index in [0.29, 0.717) is 10.0 Å². The van der Waals surface area contributed by atoms with Gasteiger partial charge >= 0.3 is 0 Å². The lowest BCUT2D eigenvalue weighted by atomic mass is 10.1. The maximum Gasteiger partial charge on any atom is 0.0801 e. The van der Waals surface area contributed by atoms with Gasteiger partial charge in [-0.1, -0.05) is 52.9 Å². The molecule has 0 bridgehead atoms. The van der Waals surface area contributed by atoms with Crippen LogP contribution in [0.4, 0.5) is 0 Å². The quantitative estimate of drug-likeness (QED) is 0.602. The molecule has 1 fully saturated rings. The molecule has 1 aliphatic carbocycles. The van der Waals surface area contributed by atoms with Gasteiger partial charge in [0, 0.05) is 3.92 Å². The largest absolute Gasteiger partial charge is 0.370 e. The Hall–Kier alpha value is -0.0900. The molecule has 1 saturated carbocycles. The topological polar surface area (TPSA) is 9.23 Å². The fourth-order valence-corrected chi connectivity index (χ4v) is 3.07. The summed E-state index contributed by atoms with van der Waals surface area (Å²) in [5.41, 5.74) is 1.29. The van der Waals surface area contributed by atoms with E-state index in [1.165, 1.54) is 24.8 Å². The molecule has 0 amide bonds. The minimum atomic E-state index is 0.228. The van der Waals surface area contributed by atoms with Gasteiger partial charge < -0.3 is 4.74 Å². The Morgan fingerprint density at radius 2 is 2.00 bits per heavy atom. The summed E-state index contributed by atoms with van der Waals surface area (Å²) in [5, 5.41) is 0. The number of rotatable bonds is 3. The number of hydrogen-bond acceptors (Lipinski definition) is 1. The zero-order chi connectivity index (χ0) is 10.7. The van der Waals surface area contributed by atoms with E-state index >= 15 is 0 Å². The number of halogens is 1. The number of benzene rings is 1. The molecule has 0 aliphatic heterocycles. The van der Waals surface area contributed by atoms with Crippen LogP contribution in [0.5, 0.6) is 0 Å². The Morgan fingerprint density at radius 3 is 2.60 bits per heavy atom. The van der Waals surface area contributed by atoms with Crippen LogP contribution in [-0.2, 0) is 4.74 Å². The molecule has 3 unspecified atom stereocenters. The van der Waals surface area contributed by atoms with E-state index in [2.05, 4.69) is 53.8 Å². The highest BCUT2D eigenvalue weighted by Gasteiger charge is 2.27. The van der Waals surface area contributed by atoms with Crippen LogP contribution in [-0.4, -0.2) is 10.0 Å². The SMILES string of the molecule is CC(OC1CCCC1I)c1ccccc1.